The Bertz CT molecular complexity index is 280. The van der Waals surface area contributed by atoms with Crippen LogP contribution in [-0.2, 0) is 4.43 Å². The van der Waals surface area contributed by atoms with Crippen molar-refractivity contribution in [3.05, 3.63) is 35.9 Å². The third-order valence-electron chi connectivity index (χ3n) is 3.26. The van der Waals surface area contributed by atoms with Crippen LogP contribution in [0.4, 0.5) is 0 Å². The van der Waals surface area contributed by atoms with E-state index in [9.17, 15) is 0 Å². The van der Waals surface area contributed by atoms with Crippen molar-refractivity contribution in [1.82, 2.24) is 0 Å². The third kappa shape index (κ3) is 3.76. The molecule has 0 bridgehead atoms. The summed E-state index contributed by atoms with van der Waals surface area (Å²) >= 11 is 0. The van der Waals surface area contributed by atoms with Gasteiger partial charge in [0, 0.05) is 6.61 Å². The fourth-order valence-corrected chi connectivity index (χ4v) is 5.15. The Hall–Kier alpha value is -0.603. The van der Waals surface area contributed by atoms with Gasteiger partial charge in [0.05, 0.1) is 0 Å². The van der Waals surface area contributed by atoms with Gasteiger partial charge in [-0.3, -0.25) is 0 Å². The van der Waals surface area contributed by atoms with Gasteiger partial charge in [-0.15, -0.1) is 0 Å². The summed E-state index contributed by atoms with van der Waals surface area (Å²) in [5.74, 6) is 0.681. The Labute approximate surface area is 102 Å². The molecule has 2 rings (SSSR count). The van der Waals surface area contributed by atoms with Crippen molar-refractivity contribution >= 4 is 9.04 Å². The van der Waals surface area contributed by atoms with Gasteiger partial charge in [0.2, 0.25) is 0 Å². The molecule has 1 fully saturated rings. The second-order valence-corrected chi connectivity index (χ2v) is 7.16. The van der Waals surface area contributed by atoms with Crippen LogP contribution >= 0.6 is 0 Å². The van der Waals surface area contributed by atoms with Gasteiger partial charge in [0.25, 0.3) is 0 Å². The van der Waals surface area contributed by atoms with Crippen molar-refractivity contribution in [2.75, 3.05) is 6.61 Å². The highest BCUT2D eigenvalue weighted by Gasteiger charge is 2.19. The molecule has 1 aromatic carbocycles. The summed E-state index contributed by atoms with van der Waals surface area (Å²) in [6.07, 6.45) is 2.68. The van der Waals surface area contributed by atoms with E-state index in [1.54, 1.807) is 0 Å². The topological polar surface area (TPSA) is 9.23 Å². The molecule has 0 saturated carbocycles. The first-order chi connectivity index (χ1) is 7.36. The minimum atomic E-state index is -0.854. The van der Waals surface area contributed by atoms with Crippen LogP contribution in [0.1, 0.15) is 38.7 Å². The zero-order chi connectivity index (χ0) is 10.5. The van der Waals surface area contributed by atoms with E-state index < -0.39 is 9.04 Å². The number of rotatable bonds is 3. The predicted molar refractivity (Wildman–Crippen MR) is 73.5 cm³/mol. The molecule has 0 aromatic heterocycles. The summed E-state index contributed by atoms with van der Waals surface area (Å²) < 4.78 is 5.91. The smallest absolute Gasteiger partial charge is 0.177 e. The molecule has 1 saturated heterocycles. The number of hydrogen-bond acceptors (Lipinski definition) is 1. The summed E-state index contributed by atoms with van der Waals surface area (Å²) in [7, 11) is -0.854. The summed E-state index contributed by atoms with van der Waals surface area (Å²) in [6, 6.07) is 13.5. The Morgan fingerprint density at radius 1 is 1.25 bits per heavy atom. The van der Waals surface area contributed by atoms with E-state index in [2.05, 4.69) is 37.3 Å². The van der Waals surface area contributed by atoms with E-state index in [0.717, 1.165) is 6.61 Å². The Kier molecular flexibility index (Phi) is 5.78. The number of hydrogen-bond donors (Lipinski definition) is 0. The zero-order valence-electron chi connectivity index (χ0n) is 9.49. The molecule has 2 unspecified atom stereocenters. The summed E-state index contributed by atoms with van der Waals surface area (Å²) in [4.78, 5) is 0. The van der Waals surface area contributed by atoms with E-state index in [-0.39, 0.29) is 7.43 Å². The van der Waals surface area contributed by atoms with Gasteiger partial charge >= 0.3 is 0 Å². The minimum Gasteiger partial charge on any atom is -0.420 e. The van der Waals surface area contributed by atoms with E-state index >= 15 is 0 Å². The lowest BCUT2D eigenvalue weighted by Crippen LogP contribution is -2.24. The molecule has 1 aliphatic heterocycles. The van der Waals surface area contributed by atoms with Gasteiger partial charge in [-0.25, -0.2) is 0 Å². The van der Waals surface area contributed by atoms with Crippen molar-refractivity contribution in [3.8, 4) is 0 Å². The van der Waals surface area contributed by atoms with Gasteiger partial charge in [0.1, 0.15) is 0 Å². The van der Waals surface area contributed by atoms with Gasteiger partial charge < -0.3 is 4.43 Å². The number of benzene rings is 1. The highest BCUT2D eigenvalue weighted by molar-refractivity contribution is 6.52. The van der Waals surface area contributed by atoms with E-state index in [4.69, 9.17) is 4.43 Å². The second kappa shape index (κ2) is 6.87. The quantitative estimate of drug-likeness (QED) is 0.722. The Morgan fingerprint density at radius 3 is 2.62 bits per heavy atom. The van der Waals surface area contributed by atoms with Crippen LogP contribution in [0.2, 0.25) is 12.1 Å². The van der Waals surface area contributed by atoms with Crippen LogP contribution in [0.15, 0.2) is 30.3 Å². The average Bonchev–Trinajstić information content (AvgIpc) is 2.31. The van der Waals surface area contributed by atoms with Gasteiger partial charge in [-0.2, -0.15) is 0 Å². The molecular weight excluding hydrogens is 212 g/mol. The van der Waals surface area contributed by atoms with Crippen LogP contribution in [0, 0.1) is 0 Å². The van der Waals surface area contributed by atoms with E-state index in [1.807, 2.05) is 0 Å². The molecule has 0 spiro atoms. The molecule has 0 aliphatic carbocycles. The highest BCUT2D eigenvalue weighted by atomic mass is 28.3. The SMILES string of the molecule is C.CC(C[SiH]1CCCCO1)c1ccccc1. The van der Waals surface area contributed by atoms with Crippen molar-refractivity contribution < 1.29 is 4.43 Å². The maximum atomic E-state index is 5.91. The Balaban J connectivity index is 0.00000128. The van der Waals surface area contributed by atoms with Crippen LogP contribution in [-0.4, -0.2) is 15.6 Å². The molecule has 90 valence electrons. The van der Waals surface area contributed by atoms with Crippen molar-refractivity contribution in [2.45, 2.75) is 45.2 Å². The van der Waals surface area contributed by atoms with Crippen LogP contribution in [0.5, 0.6) is 0 Å². The lowest BCUT2D eigenvalue weighted by molar-refractivity contribution is 0.285. The fourth-order valence-electron chi connectivity index (χ4n) is 2.31. The van der Waals surface area contributed by atoms with Gasteiger partial charge in [0.15, 0.2) is 9.04 Å². The maximum Gasteiger partial charge on any atom is 0.177 e. The van der Waals surface area contributed by atoms with Crippen LogP contribution < -0.4 is 0 Å². The van der Waals surface area contributed by atoms with Gasteiger partial charge in [-0.1, -0.05) is 51.1 Å². The predicted octanol–water partition coefficient (Wildman–Crippen LogP) is 3.96. The lowest BCUT2D eigenvalue weighted by atomic mass is 10.0. The summed E-state index contributed by atoms with van der Waals surface area (Å²) in [5, 5.41) is 0. The largest absolute Gasteiger partial charge is 0.420 e. The van der Waals surface area contributed by atoms with Crippen molar-refractivity contribution in [1.29, 1.82) is 0 Å². The average molecular weight is 236 g/mol. The van der Waals surface area contributed by atoms with Crippen LogP contribution in [0.3, 0.4) is 0 Å². The summed E-state index contributed by atoms with van der Waals surface area (Å²) in [6.45, 7) is 3.36. The molecule has 1 aromatic rings. The molecular formula is C14H24OSi. The fraction of sp³-hybridized carbons (Fsp3) is 0.571. The van der Waals surface area contributed by atoms with Crippen molar-refractivity contribution in [2.24, 2.45) is 0 Å². The molecule has 1 nitrogen and oxygen atoms in total. The minimum absolute atomic E-state index is 0. The lowest BCUT2D eigenvalue weighted by Gasteiger charge is -2.24. The first-order valence-corrected chi connectivity index (χ1v) is 8.13. The van der Waals surface area contributed by atoms with Crippen LogP contribution in [0.25, 0.3) is 0 Å². The molecule has 0 amide bonds. The van der Waals surface area contributed by atoms with Crippen molar-refractivity contribution in [3.63, 3.8) is 0 Å². The molecule has 1 heterocycles. The second-order valence-electron chi connectivity index (χ2n) is 4.54. The van der Waals surface area contributed by atoms with E-state index in [1.165, 1.54) is 30.5 Å². The molecule has 2 atom stereocenters. The normalized spacial score (nSPS) is 22.2. The van der Waals surface area contributed by atoms with E-state index in [0.29, 0.717) is 5.92 Å². The molecule has 16 heavy (non-hydrogen) atoms. The van der Waals surface area contributed by atoms with Gasteiger partial charge in [-0.05, 0) is 30.0 Å². The molecule has 0 radical (unpaired) electrons. The first-order valence-electron chi connectivity index (χ1n) is 6.03. The highest BCUT2D eigenvalue weighted by Crippen LogP contribution is 2.25. The standard InChI is InChI=1S/C13H20OSi.CH4/c1-12(13-7-3-2-4-8-13)11-15-10-6-5-9-14-15;/h2-4,7-8,12,15H,5-6,9-11H2,1H3;1H4. The molecule has 1 aliphatic rings. The molecule has 2 heteroatoms. The Morgan fingerprint density at radius 2 is 2.00 bits per heavy atom. The zero-order valence-corrected chi connectivity index (χ0v) is 10.6. The monoisotopic (exact) mass is 236 g/mol. The summed E-state index contributed by atoms with van der Waals surface area (Å²) in [5.41, 5.74) is 1.47. The third-order valence-corrected chi connectivity index (χ3v) is 6.25. The molecule has 0 N–H and O–H groups in total. The first kappa shape index (κ1) is 13.5. The maximum absolute atomic E-state index is 5.91.